The van der Waals surface area contributed by atoms with Crippen LogP contribution >= 0.6 is 11.3 Å². The summed E-state index contributed by atoms with van der Waals surface area (Å²) in [5.74, 6) is 0.0434. The van der Waals surface area contributed by atoms with Gasteiger partial charge >= 0.3 is 0 Å². The van der Waals surface area contributed by atoms with E-state index in [0.29, 0.717) is 19.4 Å². The largest absolute Gasteiger partial charge is 0.352 e. The van der Waals surface area contributed by atoms with Gasteiger partial charge in [0.2, 0.25) is 5.91 Å². The Balaban J connectivity index is 1.71. The molecule has 88 valence electrons. The van der Waals surface area contributed by atoms with E-state index in [1.54, 1.807) is 29.2 Å². The van der Waals surface area contributed by atoms with Gasteiger partial charge in [0.1, 0.15) is 0 Å². The number of rotatable bonds is 5. The minimum Gasteiger partial charge on any atom is -0.352 e. The van der Waals surface area contributed by atoms with Gasteiger partial charge < -0.3 is 5.32 Å². The Morgan fingerprint density at radius 3 is 3.12 bits per heavy atom. The van der Waals surface area contributed by atoms with Crippen molar-refractivity contribution in [3.05, 3.63) is 46.7 Å². The molecule has 0 atom stereocenters. The van der Waals surface area contributed by atoms with E-state index in [2.05, 4.69) is 15.3 Å². The van der Waals surface area contributed by atoms with E-state index in [0.717, 1.165) is 11.3 Å². The summed E-state index contributed by atoms with van der Waals surface area (Å²) in [4.78, 5) is 19.7. The Hall–Kier alpha value is -1.75. The molecule has 0 saturated carbocycles. The Labute approximate surface area is 104 Å². The van der Waals surface area contributed by atoms with Gasteiger partial charge in [0.05, 0.1) is 11.2 Å². The molecule has 17 heavy (non-hydrogen) atoms. The molecule has 1 amide bonds. The van der Waals surface area contributed by atoms with Gasteiger partial charge in [-0.25, -0.2) is 4.98 Å². The van der Waals surface area contributed by atoms with Crippen LogP contribution in [0.3, 0.4) is 0 Å². The maximum absolute atomic E-state index is 11.6. The molecule has 0 aliphatic carbocycles. The van der Waals surface area contributed by atoms with Crippen LogP contribution in [0.4, 0.5) is 0 Å². The minimum atomic E-state index is 0.0434. The molecule has 0 spiro atoms. The van der Waals surface area contributed by atoms with Crippen LogP contribution in [0.5, 0.6) is 0 Å². The predicted molar refractivity (Wildman–Crippen MR) is 66.5 cm³/mol. The molecule has 2 rings (SSSR count). The number of nitrogens with one attached hydrogen (secondary N) is 1. The maximum Gasteiger partial charge on any atom is 0.220 e. The van der Waals surface area contributed by atoms with Crippen molar-refractivity contribution in [2.75, 3.05) is 0 Å². The van der Waals surface area contributed by atoms with Crippen molar-refractivity contribution in [1.29, 1.82) is 0 Å². The molecular formula is C12H13N3OS. The van der Waals surface area contributed by atoms with E-state index in [4.69, 9.17) is 0 Å². The molecule has 0 saturated heterocycles. The molecule has 0 aromatic carbocycles. The fourth-order valence-corrected chi connectivity index (χ4v) is 1.99. The van der Waals surface area contributed by atoms with Crippen molar-refractivity contribution >= 4 is 17.2 Å². The predicted octanol–water partition coefficient (Wildman–Crippen LogP) is 1.79. The highest BCUT2D eigenvalue weighted by Gasteiger charge is 2.03. The maximum atomic E-state index is 11.6. The van der Waals surface area contributed by atoms with Crippen molar-refractivity contribution < 1.29 is 4.79 Å². The number of aryl methyl sites for hydroxylation is 1. The fraction of sp³-hybridized carbons (Fsp3) is 0.250. The highest BCUT2D eigenvalue weighted by Crippen LogP contribution is 2.04. The summed E-state index contributed by atoms with van der Waals surface area (Å²) in [6, 6.07) is 3.80. The zero-order valence-corrected chi connectivity index (χ0v) is 10.1. The number of carbonyl (C=O) groups is 1. The zero-order valence-electron chi connectivity index (χ0n) is 9.30. The first-order valence-electron chi connectivity index (χ1n) is 5.37. The molecule has 4 nitrogen and oxygen atoms in total. The third-order valence-electron chi connectivity index (χ3n) is 2.30. The smallest absolute Gasteiger partial charge is 0.220 e. The van der Waals surface area contributed by atoms with Gasteiger partial charge in [-0.2, -0.15) is 0 Å². The lowest BCUT2D eigenvalue weighted by Crippen LogP contribution is -2.23. The summed E-state index contributed by atoms with van der Waals surface area (Å²) < 4.78 is 0. The second kappa shape index (κ2) is 6.10. The van der Waals surface area contributed by atoms with Crippen LogP contribution in [0, 0.1) is 0 Å². The van der Waals surface area contributed by atoms with Gasteiger partial charge in [-0.3, -0.25) is 9.78 Å². The highest BCUT2D eigenvalue weighted by molar-refractivity contribution is 7.07. The molecule has 0 unspecified atom stereocenters. The summed E-state index contributed by atoms with van der Waals surface area (Å²) in [6.07, 6.45) is 4.64. The lowest BCUT2D eigenvalue weighted by atomic mass is 10.2. The van der Waals surface area contributed by atoms with Crippen molar-refractivity contribution in [3.63, 3.8) is 0 Å². The number of pyridine rings is 1. The summed E-state index contributed by atoms with van der Waals surface area (Å²) in [6.45, 7) is 0.531. The third-order valence-corrected chi connectivity index (χ3v) is 2.94. The van der Waals surface area contributed by atoms with Crippen molar-refractivity contribution in [3.8, 4) is 0 Å². The minimum absolute atomic E-state index is 0.0434. The van der Waals surface area contributed by atoms with Crippen LogP contribution < -0.4 is 5.32 Å². The second-order valence-corrected chi connectivity index (χ2v) is 4.34. The van der Waals surface area contributed by atoms with Crippen molar-refractivity contribution in [2.45, 2.75) is 19.4 Å². The zero-order chi connectivity index (χ0) is 11.9. The van der Waals surface area contributed by atoms with Crippen LogP contribution in [0.15, 0.2) is 35.4 Å². The Morgan fingerprint density at radius 2 is 2.41 bits per heavy atom. The summed E-state index contributed by atoms with van der Waals surface area (Å²) in [5.41, 5.74) is 3.77. The number of aromatic nitrogens is 2. The molecule has 0 aliphatic heterocycles. The van der Waals surface area contributed by atoms with E-state index in [9.17, 15) is 4.79 Å². The normalized spacial score (nSPS) is 10.1. The summed E-state index contributed by atoms with van der Waals surface area (Å²) >= 11 is 1.55. The van der Waals surface area contributed by atoms with E-state index >= 15 is 0 Å². The SMILES string of the molecule is O=C(CCc1cscn1)NCc1cccnc1. The second-order valence-electron chi connectivity index (χ2n) is 3.62. The van der Waals surface area contributed by atoms with E-state index in [-0.39, 0.29) is 5.91 Å². The van der Waals surface area contributed by atoms with E-state index in [1.165, 1.54) is 0 Å². The Bertz CT molecular complexity index is 456. The van der Waals surface area contributed by atoms with Gasteiger partial charge in [-0.1, -0.05) is 6.07 Å². The molecular weight excluding hydrogens is 234 g/mol. The van der Waals surface area contributed by atoms with Crippen LogP contribution in [0.1, 0.15) is 17.7 Å². The summed E-state index contributed by atoms with van der Waals surface area (Å²) in [7, 11) is 0. The number of thiazole rings is 1. The summed E-state index contributed by atoms with van der Waals surface area (Å²) in [5, 5.41) is 4.82. The Kier molecular flexibility index (Phi) is 4.21. The molecule has 5 heteroatoms. The molecule has 1 N–H and O–H groups in total. The molecule has 0 aliphatic rings. The fourth-order valence-electron chi connectivity index (χ4n) is 1.39. The monoisotopic (exact) mass is 247 g/mol. The van der Waals surface area contributed by atoms with Crippen LogP contribution in [-0.2, 0) is 17.8 Å². The average molecular weight is 247 g/mol. The number of carbonyl (C=O) groups excluding carboxylic acids is 1. The Morgan fingerprint density at radius 1 is 1.47 bits per heavy atom. The van der Waals surface area contributed by atoms with Gasteiger partial charge in [0.15, 0.2) is 0 Å². The first-order valence-corrected chi connectivity index (χ1v) is 6.31. The van der Waals surface area contributed by atoms with Gasteiger partial charge in [-0.15, -0.1) is 11.3 Å². The number of nitrogens with zero attached hydrogens (tertiary/aromatic N) is 2. The van der Waals surface area contributed by atoms with Crippen LogP contribution in [0.25, 0.3) is 0 Å². The van der Waals surface area contributed by atoms with Crippen LogP contribution in [-0.4, -0.2) is 15.9 Å². The third kappa shape index (κ3) is 3.96. The first-order chi connectivity index (χ1) is 8.34. The lowest BCUT2D eigenvalue weighted by Gasteiger charge is -2.03. The average Bonchev–Trinajstić information content (AvgIpc) is 2.88. The van der Waals surface area contributed by atoms with E-state index < -0.39 is 0 Å². The number of hydrogen-bond acceptors (Lipinski definition) is 4. The molecule has 2 aromatic rings. The van der Waals surface area contributed by atoms with Gasteiger partial charge in [0, 0.05) is 30.7 Å². The molecule has 0 fully saturated rings. The van der Waals surface area contributed by atoms with Crippen molar-refractivity contribution in [2.24, 2.45) is 0 Å². The van der Waals surface area contributed by atoms with Gasteiger partial charge in [0.25, 0.3) is 0 Å². The number of hydrogen-bond donors (Lipinski definition) is 1. The molecule has 0 radical (unpaired) electrons. The standard InChI is InChI=1S/C12H13N3OS/c16-12(4-3-11-8-17-9-15-11)14-7-10-2-1-5-13-6-10/h1-2,5-6,8-9H,3-4,7H2,(H,14,16). The lowest BCUT2D eigenvalue weighted by molar-refractivity contribution is -0.121. The van der Waals surface area contributed by atoms with E-state index in [1.807, 2.05) is 17.5 Å². The first kappa shape index (κ1) is 11.7. The van der Waals surface area contributed by atoms with Crippen LogP contribution in [0.2, 0.25) is 0 Å². The van der Waals surface area contributed by atoms with Gasteiger partial charge in [-0.05, 0) is 18.1 Å². The molecule has 0 bridgehead atoms. The highest BCUT2D eigenvalue weighted by atomic mass is 32.1. The molecule has 2 aromatic heterocycles. The molecule has 2 heterocycles. The van der Waals surface area contributed by atoms with Crippen molar-refractivity contribution in [1.82, 2.24) is 15.3 Å². The quantitative estimate of drug-likeness (QED) is 0.876. The number of amides is 1. The topological polar surface area (TPSA) is 54.9 Å².